The maximum Gasteiger partial charge on any atom is 0.123 e. The lowest BCUT2D eigenvalue weighted by Crippen LogP contribution is -2.13. The van der Waals surface area contributed by atoms with Crippen molar-refractivity contribution in [3.05, 3.63) is 35.1 Å². The van der Waals surface area contributed by atoms with Gasteiger partial charge in [0.05, 0.1) is 0 Å². The third kappa shape index (κ3) is 2.20. The standard InChI is InChI=1S/C13H17NO/c1-10-8-11-4-2-3-5-12(11)9-13(10)15-7-6-14/h3,5-6,9,11,14H,2,4,7-8H2,1H3. The normalized spacial score (nSPS) is 24.6. The zero-order valence-electron chi connectivity index (χ0n) is 9.12. The maximum atomic E-state index is 6.96. The third-order valence-corrected chi connectivity index (χ3v) is 3.06. The molecule has 0 aliphatic heterocycles. The molecular weight excluding hydrogens is 186 g/mol. The first-order valence-electron chi connectivity index (χ1n) is 5.51. The van der Waals surface area contributed by atoms with E-state index in [9.17, 15) is 0 Å². The molecule has 0 bridgehead atoms. The lowest BCUT2D eigenvalue weighted by atomic mass is 9.81. The molecule has 1 N–H and O–H groups in total. The average Bonchev–Trinajstić information content (AvgIpc) is 2.26. The Hall–Kier alpha value is -1.31. The van der Waals surface area contributed by atoms with Gasteiger partial charge in [0.15, 0.2) is 0 Å². The van der Waals surface area contributed by atoms with Gasteiger partial charge in [0.2, 0.25) is 0 Å². The Morgan fingerprint density at radius 3 is 3.27 bits per heavy atom. The van der Waals surface area contributed by atoms with E-state index in [1.54, 1.807) is 0 Å². The fourth-order valence-electron chi connectivity index (χ4n) is 2.25. The number of fused-ring (bicyclic) bond motifs is 1. The van der Waals surface area contributed by atoms with Crippen molar-refractivity contribution in [1.82, 2.24) is 0 Å². The van der Waals surface area contributed by atoms with Gasteiger partial charge in [-0.1, -0.05) is 12.2 Å². The highest BCUT2D eigenvalue weighted by Crippen LogP contribution is 2.35. The summed E-state index contributed by atoms with van der Waals surface area (Å²) >= 11 is 0. The molecule has 1 unspecified atom stereocenters. The lowest BCUT2D eigenvalue weighted by Gasteiger charge is -2.27. The molecule has 0 aromatic rings. The Balaban J connectivity index is 2.17. The summed E-state index contributed by atoms with van der Waals surface area (Å²) in [4.78, 5) is 0. The average molecular weight is 203 g/mol. The van der Waals surface area contributed by atoms with Crippen LogP contribution in [0.1, 0.15) is 26.2 Å². The van der Waals surface area contributed by atoms with Crippen LogP contribution in [0.4, 0.5) is 0 Å². The topological polar surface area (TPSA) is 33.1 Å². The highest BCUT2D eigenvalue weighted by atomic mass is 16.5. The summed E-state index contributed by atoms with van der Waals surface area (Å²) in [6, 6.07) is 0. The SMILES string of the molecule is CC1=C(OCC=N)C=C2C=CCCC2C1. The smallest absolute Gasteiger partial charge is 0.123 e. The van der Waals surface area contributed by atoms with E-state index < -0.39 is 0 Å². The van der Waals surface area contributed by atoms with Crippen molar-refractivity contribution in [2.75, 3.05) is 6.61 Å². The van der Waals surface area contributed by atoms with Gasteiger partial charge in [-0.3, -0.25) is 0 Å². The van der Waals surface area contributed by atoms with Gasteiger partial charge in [0.25, 0.3) is 0 Å². The van der Waals surface area contributed by atoms with Crippen LogP contribution >= 0.6 is 0 Å². The van der Waals surface area contributed by atoms with Crippen LogP contribution in [0, 0.1) is 11.3 Å². The van der Waals surface area contributed by atoms with Gasteiger partial charge in [-0.25, -0.2) is 0 Å². The summed E-state index contributed by atoms with van der Waals surface area (Å²) in [5, 5.41) is 6.96. The van der Waals surface area contributed by atoms with Crippen LogP contribution in [-0.4, -0.2) is 12.8 Å². The highest BCUT2D eigenvalue weighted by Gasteiger charge is 2.21. The van der Waals surface area contributed by atoms with E-state index in [1.165, 1.54) is 30.2 Å². The van der Waals surface area contributed by atoms with Crippen LogP contribution in [0.15, 0.2) is 35.1 Å². The molecule has 80 valence electrons. The summed E-state index contributed by atoms with van der Waals surface area (Å²) in [5.41, 5.74) is 2.72. The predicted molar refractivity (Wildman–Crippen MR) is 62.0 cm³/mol. The van der Waals surface area contributed by atoms with E-state index in [1.807, 2.05) is 0 Å². The van der Waals surface area contributed by atoms with E-state index in [0.29, 0.717) is 12.5 Å². The monoisotopic (exact) mass is 203 g/mol. The van der Waals surface area contributed by atoms with Crippen molar-refractivity contribution in [1.29, 1.82) is 5.41 Å². The molecule has 0 aromatic heterocycles. The fourth-order valence-corrected chi connectivity index (χ4v) is 2.25. The molecule has 0 amide bonds. The molecule has 2 rings (SSSR count). The molecule has 0 spiro atoms. The first-order chi connectivity index (χ1) is 7.31. The van der Waals surface area contributed by atoms with Crippen LogP contribution in [0.5, 0.6) is 0 Å². The Bertz CT molecular complexity index is 350. The van der Waals surface area contributed by atoms with Crippen molar-refractivity contribution < 1.29 is 4.74 Å². The number of hydrogen-bond donors (Lipinski definition) is 1. The summed E-state index contributed by atoms with van der Waals surface area (Å²) in [5.74, 6) is 1.67. The van der Waals surface area contributed by atoms with E-state index in [4.69, 9.17) is 10.1 Å². The zero-order valence-corrected chi connectivity index (χ0v) is 9.12. The predicted octanol–water partition coefficient (Wildman–Crippen LogP) is 3.22. The number of allylic oxidation sites excluding steroid dienone is 5. The number of hydrogen-bond acceptors (Lipinski definition) is 2. The molecule has 0 fully saturated rings. The number of rotatable bonds is 3. The molecule has 0 aromatic carbocycles. The maximum absolute atomic E-state index is 6.96. The van der Waals surface area contributed by atoms with Crippen LogP contribution in [0.25, 0.3) is 0 Å². The fraction of sp³-hybridized carbons (Fsp3) is 0.462. The molecule has 2 heteroatoms. The summed E-state index contributed by atoms with van der Waals surface area (Å²) < 4.78 is 5.52. The Labute approximate surface area is 90.8 Å². The van der Waals surface area contributed by atoms with Crippen molar-refractivity contribution in [3.8, 4) is 0 Å². The second kappa shape index (κ2) is 4.47. The van der Waals surface area contributed by atoms with Gasteiger partial charge in [-0.15, -0.1) is 0 Å². The first-order valence-corrected chi connectivity index (χ1v) is 5.51. The molecule has 0 saturated carbocycles. The van der Waals surface area contributed by atoms with Crippen molar-refractivity contribution in [2.45, 2.75) is 26.2 Å². The Morgan fingerprint density at radius 2 is 2.47 bits per heavy atom. The van der Waals surface area contributed by atoms with E-state index in [-0.39, 0.29) is 0 Å². The van der Waals surface area contributed by atoms with Crippen LogP contribution in [0.2, 0.25) is 0 Å². The molecule has 0 heterocycles. The molecular formula is C13H17NO. The zero-order chi connectivity index (χ0) is 10.7. The van der Waals surface area contributed by atoms with E-state index in [2.05, 4.69) is 25.2 Å². The molecule has 1 atom stereocenters. The number of nitrogens with one attached hydrogen (secondary N) is 1. The van der Waals surface area contributed by atoms with Gasteiger partial charge in [0, 0.05) is 6.21 Å². The van der Waals surface area contributed by atoms with Gasteiger partial charge >= 0.3 is 0 Å². The highest BCUT2D eigenvalue weighted by molar-refractivity contribution is 5.54. The van der Waals surface area contributed by atoms with Crippen LogP contribution < -0.4 is 0 Å². The van der Waals surface area contributed by atoms with Crippen molar-refractivity contribution >= 4 is 6.21 Å². The minimum Gasteiger partial charge on any atom is -0.488 e. The Morgan fingerprint density at radius 1 is 1.60 bits per heavy atom. The minimum absolute atomic E-state index is 0.380. The van der Waals surface area contributed by atoms with Crippen molar-refractivity contribution in [3.63, 3.8) is 0 Å². The Kier molecular flexibility index (Phi) is 3.05. The van der Waals surface area contributed by atoms with Gasteiger partial charge < -0.3 is 10.1 Å². The quantitative estimate of drug-likeness (QED) is 0.702. The first kappa shape index (κ1) is 10.2. The van der Waals surface area contributed by atoms with Crippen LogP contribution in [0.3, 0.4) is 0 Å². The summed E-state index contributed by atoms with van der Waals surface area (Å²) in [7, 11) is 0. The van der Waals surface area contributed by atoms with Crippen LogP contribution in [-0.2, 0) is 4.74 Å². The molecule has 0 radical (unpaired) electrons. The molecule has 2 nitrogen and oxygen atoms in total. The van der Waals surface area contributed by atoms with Gasteiger partial charge in [-0.2, -0.15) is 0 Å². The molecule has 2 aliphatic rings. The van der Waals surface area contributed by atoms with Gasteiger partial charge in [0.1, 0.15) is 12.4 Å². The third-order valence-electron chi connectivity index (χ3n) is 3.06. The second-order valence-corrected chi connectivity index (χ2v) is 4.18. The lowest BCUT2D eigenvalue weighted by molar-refractivity contribution is 0.265. The second-order valence-electron chi connectivity index (χ2n) is 4.18. The molecule has 0 saturated heterocycles. The van der Waals surface area contributed by atoms with Gasteiger partial charge in [-0.05, 0) is 49.3 Å². The van der Waals surface area contributed by atoms with E-state index >= 15 is 0 Å². The van der Waals surface area contributed by atoms with E-state index in [0.717, 1.165) is 12.2 Å². The minimum atomic E-state index is 0.380. The summed E-state index contributed by atoms with van der Waals surface area (Å²) in [6.45, 7) is 2.51. The molecule has 15 heavy (non-hydrogen) atoms. The largest absolute Gasteiger partial charge is 0.488 e. The number of ether oxygens (including phenoxy) is 1. The van der Waals surface area contributed by atoms with Crippen molar-refractivity contribution in [2.24, 2.45) is 5.92 Å². The molecule has 2 aliphatic carbocycles. The summed E-state index contributed by atoms with van der Waals surface area (Å²) in [6.07, 6.45) is 11.5.